The Kier molecular flexibility index (Phi) is 9.18. The lowest BCUT2D eigenvalue weighted by Crippen LogP contribution is -2.46. The first kappa shape index (κ1) is 26.3. The standard InChI is InChI=1S/C23H41O7P/c1-5-23(3,4)22(27)30-19-8-6-7-16-10-9-15(2)18(21(16)19)11-12-31(28,29)14-17(24)13-20(25)26/h15-19,21,24H,5-14H2,1-4H3,(H,25,26)(H,28,29)/t15-,16+,17?,18-,19-,21-/m1/s1. The predicted molar refractivity (Wildman–Crippen MR) is 119 cm³/mol. The number of fused-ring (bicyclic) bond motifs is 1. The monoisotopic (exact) mass is 460 g/mol. The maximum Gasteiger partial charge on any atom is 0.311 e. The molecule has 7 atom stereocenters. The summed E-state index contributed by atoms with van der Waals surface area (Å²) in [5.41, 5.74) is -0.524. The molecule has 180 valence electrons. The van der Waals surface area contributed by atoms with Crippen LogP contribution in [-0.2, 0) is 18.9 Å². The summed E-state index contributed by atoms with van der Waals surface area (Å²) in [6, 6.07) is 0. The van der Waals surface area contributed by atoms with Crippen LogP contribution in [0.5, 0.6) is 0 Å². The normalized spacial score (nSPS) is 31.9. The van der Waals surface area contributed by atoms with Crippen LogP contribution in [0.2, 0.25) is 0 Å². The molecule has 0 saturated heterocycles. The van der Waals surface area contributed by atoms with Gasteiger partial charge >= 0.3 is 11.9 Å². The zero-order chi connectivity index (χ0) is 23.4. The lowest BCUT2D eigenvalue weighted by molar-refractivity contribution is -0.171. The summed E-state index contributed by atoms with van der Waals surface area (Å²) in [6.07, 6.45) is 4.04. The molecule has 0 heterocycles. The Bertz CT molecular complexity index is 677. The molecule has 0 radical (unpaired) electrons. The van der Waals surface area contributed by atoms with E-state index >= 15 is 0 Å². The van der Waals surface area contributed by atoms with Crippen molar-refractivity contribution < 1.29 is 34.0 Å². The summed E-state index contributed by atoms with van der Waals surface area (Å²) in [7, 11) is -3.65. The van der Waals surface area contributed by atoms with E-state index in [4.69, 9.17) is 9.84 Å². The van der Waals surface area contributed by atoms with Crippen LogP contribution < -0.4 is 0 Å². The first-order valence-corrected chi connectivity index (χ1v) is 13.8. The molecule has 0 bridgehead atoms. The number of carboxylic acid groups (broad SMARTS) is 1. The van der Waals surface area contributed by atoms with Gasteiger partial charge in [0.25, 0.3) is 0 Å². The van der Waals surface area contributed by atoms with Crippen LogP contribution in [-0.4, -0.2) is 51.6 Å². The van der Waals surface area contributed by atoms with E-state index in [2.05, 4.69) is 6.92 Å². The molecule has 0 amide bonds. The molecule has 2 fully saturated rings. The van der Waals surface area contributed by atoms with E-state index in [1.807, 2.05) is 20.8 Å². The van der Waals surface area contributed by atoms with Crippen molar-refractivity contribution >= 4 is 19.3 Å². The van der Waals surface area contributed by atoms with Crippen molar-refractivity contribution in [1.82, 2.24) is 0 Å². The van der Waals surface area contributed by atoms with Crippen LogP contribution in [0.25, 0.3) is 0 Å². The van der Waals surface area contributed by atoms with Gasteiger partial charge in [-0.2, -0.15) is 0 Å². The summed E-state index contributed by atoms with van der Waals surface area (Å²) in [4.78, 5) is 33.9. The molecular formula is C23H41O7P. The largest absolute Gasteiger partial charge is 0.481 e. The zero-order valence-electron chi connectivity index (χ0n) is 19.5. The van der Waals surface area contributed by atoms with Gasteiger partial charge < -0.3 is 19.8 Å². The van der Waals surface area contributed by atoms with Crippen molar-refractivity contribution in [2.24, 2.45) is 29.1 Å². The summed E-state index contributed by atoms with van der Waals surface area (Å²) in [5.74, 6) is -0.145. The van der Waals surface area contributed by atoms with Crippen LogP contribution in [0.1, 0.15) is 79.1 Å². The Balaban J connectivity index is 2.10. The van der Waals surface area contributed by atoms with E-state index in [1.165, 1.54) is 0 Å². The van der Waals surface area contributed by atoms with Crippen LogP contribution >= 0.6 is 7.37 Å². The zero-order valence-corrected chi connectivity index (χ0v) is 20.4. The third kappa shape index (κ3) is 7.30. The molecule has 0 aromatic carbocycles. The van der Waals surface area contributed by atoms with Gasteiger partial charge in [0.1, 0.15) is 6.10 Å². The number of aliphatic hydroxyl groups is 1. The molecule has 0 aliphatic heterocycles. The predicted octanol–water partition coefficient (Wildman–Crippen LogP) is 4.29. The Morgan fingerprint density at radius 1 is 1.19 bits per heavy atom. The fourth-order valence-electron chi connectivity index (χ4n) is 5.40. The number of ether oxygens (including phenoxy) is 1. The smallest absolute Gasteiger partial charge is 0.311 e. The SMILES string of the molecule is CCC(C)(C)C(=O)O[C@@H]1CCC[C@H]2CC[C@@H](C)[C@@H](CCP(=O)(O)CC(O)CC(=O)O)[C@@H]21. The summed E-state index contributed by atoms with van der Waals surface area (Å²) >= 11 is 0. The third-order valence-corrected chi connectivity index (χ3v) is 9.62. The highest BCUT2D eigenvalue weighted by atomic mass is 31.2. The fourth-order valence-corrected chi connectivity index (χ4v) is 7.07. The molecule has 2 unspecified atom stereocenters. The van der Waals surface area contributed by atoms with Crippen LogP contribution in [0.3, 0.4) is 0 Å². The van der Waals surface area contributed by atoms with Crippen molar-refractivity contribution in [2.75, 3.05) is 12.3 Å². The van der Waals surface area contributed by atoms with E-state index in [1.54, 1.807) is 0 Å². The molecule has 0 aromatic heterocycles. The van der Waals surface area contributed by atoms with Gasteiger partial charge in [0.2, 0.25) is 7.37 Å². The number of hydrogen-bond acceptors (Lipinski definition) is 5. The number of aliphatic hydroxyl groups excluding tert-OH is 1. The Hall–Kier alpha value is -0.910. The highest BCUT2D eigenvalue weighted by molar-refractivity contribution is 7.58. The van der Waals surface area contributed by atoms with E-state index in [0.717, 1.165) is 32.1 Å². The van der Waals surface area contributed by atoms with Crippen molar-refractivity contribution in [3.8, 4) is 0 Å². The fraction of sp³-hybridized carbons (Fsp3) is 0.913. The van der Waals surface area contributed by atoms with Crippen molar-refractivity contribution in [2.45, 2.75) is 91.3 Å². The molecule has 2 aliphatic carbocycles. The Labute approximate surface area is 186 Å². The molecule has 0 spiro atoms. The molecule has 2 aliphatic rings. The van der Waals surface area contributed by atoms with Gasteiger partial charge in [-0.3, -0.25) is 14.2 Å². The third-order valence-electron chi connectivity index (χ3n) is 7.67. The number of aliphatic carboxylic acids is 1. The van der Waals surface area contributed by atoms with Gasteiger partial charge in [0.15, 0.2) is 0 Å². The number of carboxylic acids is 1. The average molecular weight is 461 g/mol. The van der Waals surface area contributed by atoms with E-state index < -0.39 is 37.4 Å². The summed E-state index contributed by atoms with van der Waals surface area (Å²) in [6.45, 7) is 7.96. The quantitative estimate of drug-likeness (QED) is 0.328. The number of esters is 1. The molecule has 0 aromatic rings. The maximum absolute atomic E-state index is 12.8. The average Bonchev–Trinajstić information content (AvgIpc) is 2.66. The van der Waals surface area contributed by atoms with Crippen LogP contribution in [0, 0.1) is 29.1 Å². The number of carbonyl (C=O) groups excluding carboxylic acids is 1. The lowest BCUT2D eigenvalue weighted by Gasteiger charge is -2.48. The van der Waals surface area contributed by atoms with Gasteiger partial charge in [-0.05, 0) is 70.1 Å². The second-order valence-corrected chi connectivity index (χ2v) is 13.0. The number of carbonyl (C=O) groups is 2. The van der Waals surface area contributed by atoms with E-state index in [-0.39, 0.29) is 30.1 Å². The number of hydrogen-bond donors (Lipinski definition) is 3. The molecular weight excluding hydrogens is 419 g/mol. The van der Waals surface area contributed by atoms with Crippen molar-refractivity contribution in [3.05, 3.63) is 0 Å². The second-order valence-electron chi connectivity index (χ2n) is 10.5. The van der Waals surface area contributed by atoms with E-state index in [0.29, 0.717) is 24.7 Å². The molecule has 2 saturated carbocycles. The van der Waals surface area contributed by atoms with Gasteiger partial charge in [-0.1, -0.05) is 20.3 Å². The summed E-state index contributed by atoms with van der Waals surface area (Å²) in [5, 5.41) is 18.6. The topological polar surface area (TPSA) is 121 Å². The molecule has 8 heteroatoms. The molecule has 3 N–H and O–H groups in total. The van der Waals surface area contributed by atoms with Crippen molar-refractivity contribution in [3.63, 3.8) is 0 Å². The van der Waals surface area contributed by atoms with Gasteiger partial charge in [-0.15, -0.1) is 0 Å². The van der Waals surface area contributed by atoms with Gasteiger partial charge in [0.05, 0.1) is 24.1 Å². The Morgan fingerprint density at radius 3 is 2.48 bits per heavy atom. The molecule has 2 rings (SSSR count). The first-order valence-electron chi connectivity index (χ1n) is 11.8. The lowest BCUT2D eigenvalue weighted by atomic mass is 9.60. The Morgan fingerprint density at radius 2 is 1.87 bits per heavy atom. The second kappa shape index (κ2) is 10.8. The summed E-state index contributed by atoms with van der Waals surface area (Å²) < 4.78 is 18.7. The number of rotatable bonds is 10. The minimum Gasteiger partial charge on any atom is -0.481 e. The van der Waals surface area contributed by atoms with Gasteiger partial charge in [-0.25, -0.2) is 0 Å². The molecule has 7 nitrogen and oxygen atoms in total. The maximum atomic E-state index is 12.8. The minimum atomic E-state index is -3.65. The first-order chi connectivity index (χ1) is 14.4. The minimum absolute atomic E-state index is 0.0586. The highest BCUT2D eigenvalue weighted by Crippen LogP contribution is 2.51. The molecule has 31 heavy (non-hydrogen) atoms. The van der Waals surface area contributed by atoms with Crippen LogP contribution in [0.4, 0.5) is 0 Å². The van der Waals surface area contributed by atoms with E-state index in [9.17, 15) is 24.2 Å². The van der Waals surface area contributed by atoms with Gasteiger partial charge in [0, 0.05) is 12.1 Å². The van der Waals surface area contributed by atoms with Crippen LogP contribution in [0.15, 0.2) is 0 Å². The highest BCUT2D eigenvalue weighted by Gasteiger charge is 2.46. The van der Waals surface area contributed by atoms with Crippen molar-refractivity contribution in [1.29, 1.82) is 0 Å².